The van der Waals surface area contributed by atoms with Crippen molar-refractivity contribution in [3.63, 3.8) is 0 Å². The monoisotopic (exact) mass is 127 g/mol. The van der Waals surface area contributed by atoms with Gasteiger partial charge in [-0.15, -0.1) is 0 Å². The predicted octanol–water partition coefficient (Wildman–Crippen LogP) is 1.97. The molecule has 0 amide bonds. The van der Waals surface area contributed by atoms with Crippen LogP contribution in [-0.2, 0) is 4.84 Å². The molecule has 0 aliphatic rings. The molecule has 0 aliphatic heterocycles. The molecule has 9 heavy (non-hydrogen) atoms. The third kappa shape index (κ3) is 7.21. The van der Waals surface area contributed by atoms with Crippen molar-refractivity contribution in [2.75, 3.05) is 7.11 Å². The second-order valence-corrected chi connectivity index (χ2v) is 1.59. The van der Waals surface area contributed by atoms with Gasteiger partial charge >= 0.3 is 0 Å². The number of hydrogen-bond acceptors (Lipinski definition) is 2. The van der Waals surface area contributed by atoms with Crippen LogP contribution in [0.1, 0.15) is 19.8 Å². The zero-order valence-electron chi connectivity index (χ0n) is 6.00. The van der Waals surface area contributed by atoms with E-state index in [1.165, 1.54) is 0 Å². The highest BCUT2D eigenvalue weighted by molar-refractivity contribution is 5.58. The van der Waals surface area contributed by atoms with Crippen LogP contribution in [0.2, 0.25) is 0 Å². The van der Waals surface area contributed by atoms with Crippen LogP contribution in [0.3, 0.4) is 0 Å². The van der Waals surface area contributed by atoms with Crippen LogP contribution in [0.5, 0.6) is 0 Å². The van der Waals surface area contributed by atoms with Gasteiger partial charge in [0.05, 0.1) is 0 Å². The average molecular weight is 127 g/mol. The maximum Gasteiger partial charge on any atom is 0.106 e. The molecular formula is C7H13NO. The van der Waals surface area contributed by atoms with E-state index in [4.69, 9.17) is 0 Å². The molecule has 0 saturated heterocycles. The Balaban J connectivity index is 3.08. The molecule has 0 atom stereocenters. The van der Waals surface area contributed by atoms with Crippen LogP contribution in [0, 0.1) is 0 Å². The van der Waals surface area contributed by atoms with Crippen molar-refractivity contribution in [1.82, 2.24) is 0 Å². The molecule has 0 aliphatic carbocycles. The Morgan fingerprint density at radius 2 is 2.22 bits per heavy atom. The lowest BCUT2D eigenvalue weighted by molar-refractivity contribution is 0.215. The van der Waals surface area contributed by atoms with E-state index in [-0.39, 0.29) is 0 Å². The Labute approximate surface area is 56.2 Å². The quantitative estimate of drug-likeness (QED) is 0.321. The topological polar surface area (TPSA) is 21.6 Å². The van der Waals surface area contributed by atoms with Gasteiger partial charge in [0.1, 0.15) is 7.11 Å². The molecule has 0 radical (unpaired) electrons. The van der Waals surface area contributed by atoms with Crippen LogP contribution in [-0.4, -0.2) is 13.3 Å². The molecule has 0 spiro atoms. The van der Waals surface area contributed by atoms with Crippen LogP contribution in [0.4, 0.5) is 0 Å². The third-order valence-electron chi connectivity index (χ3n) is 0.824. The molecule has 0 bridgehead atoms. The first kappa shape index (κ1) is 8.21. The normalized spacial score (nSPS) is 11.3. The smallest absolute Gasteiger partial charge is 0.106 e. The van der Waals surface area contributed by atoms with E-state index >= 15 is 0 Å². The minimum atomic E-state index is 0.863. The summed E-state index contributed by atoms with van der Waals surface area (Å²) in [5.41, 5.74) is 0. The molecule has 2 heteroatoms. The zero-order valence-corrected chi connectivity index (χ0v) is 6.00. The fraction of sp³-hybridized carbons (Fsp3) is 0.571. The molecule has 52 valence electrons. The van der Waals surface area contributed by atoms with Gasteiger partial charge in [-0.05, 0) is 6.42 Å². The van der Waals surface area contributed by atoms with E-state index in [0.717, 1.165) is 12.8 Å². The van der Waals surface area contributed by atoms with E-state index in [9.17, 15) is 0 Å². The molecule has 0 aromatic heterocycles. The van der Waals surface area contributed by atoms with Gasteiger partial charge in [-0.3, -0.25) is 0 Å². The lowest BCUT2D eigenvalue weighted by atomic mass is 10.3. The molecule has 0 aromatic carbocycles. The fourth-order valence-electron chi connectivity index (χ4n) is 0.441. The van der Waals surface area contributed by atoms with E-state index in [2.05, 4.69) is 29.1 Å². The summed E-state index contributed by atoms with van der Waals surface area (Å²) in [6.45, 7) is 2.10. The van der Waals surface area contributed by atoms with Gasteiger partial charge in [-0.2, -0.15) is 0 Å². The van der Waals surface area contributed by atoms with Gasteiger partial charge in [0, 0.05) is 12.6 Å². The van der Waals surface area contributed by atoms with Gasteiger partial charge in [-0.1, -0.05) is 24.2 Å². The van der Waals surface area contributed by atoms with Crippen LogP contribution >= 0.6 is 0 Å². The largest absolute Gasteiger partial charge is 0.399 e. The first-order valence-corrected chi connectivity index (χ1v) is 3.11. The molecule has 0 fully saturated rings. The molecule has 0 unspecified atom stereocenters. The van der Waals surface area contributed by atoms with Gasteiger partial charge in [0.2, 0.25) is 0 Å². The molecule has 0 N–H and O–H groups in total. The average Bonchev–Trinajstić information content (AvgIpc) is 1.89. The highest BCUT2D eigenvalue weighted by Gasteiger charge is 1.69. The summed E-state index contributed by atoms with van der Waals surface area (Å²) in [6, 6.07) is 0. The van der Waals surface area contributed by atoms with Crippen molar-refractivity contribution in [2.24, 2.45) is 5.16 Å². The highest BCUT2D eigenvalue weighted by atomic mass is 16.6. The number of allylic oxidation sites excluding steroid dienone is 2. The summed E-state index contributed by atoms with van der Waals surface area (Å²) in [5, 5.41) is 3.57. The van der Waals surface area contributed by atoms with Crippen LogP contribution in [0.15, 0.2) is 17.3 Å². The van der Waals surface area contributed by atoms with Crippen molar-refractivity contribution in [1.29, 1.82) is 0 Å². The van der Waals surface area contributed by atoms with Crippen molar-refractivity contribution < 1.29 is 4.84 Å². The highest BCUT2D eigenvalue weighted by Crippen LogP contribution is 1.82. The van der Waals surface area contributed by atoms with Crippen molar-refractivity contribution in [3.05, 3.63) is 12.2 Å². The van der Waals surface area contributed by atoms with Crippen LogP contribution in [0.25, 0.3) is 0 Å². The lowest BCUT2D eigenvalue weighted by Gasteiger charge is -1.82. The number of nitrogens with zero attached hydrogens (tertiary/aromatic N) is 1. The summed E-state index contributed by atoms with van der Waals surface area (Å²) in [4.78, 5) is 4.46. The van der Waals surface area contributed by atoms with Crippen molar-refractivity contribution >= 4 is 6.21 Å². The Hall–Kier alpha value is -0.790. The number of oxime groups is 1. The fourth-order valence-corrected chi connectivity index (χ4v) is 0.441. The molecular weight excluding hydrogens is 114 g/mol. The zero-order chi connectivity index (χ0) is 6.95. The molecule has 0 heterocycles. The van der Waals surface area contributed by atoms with Gasteiger partial charge in [0.15, 0.2) is 0 Å². The summed E-state index contributed by atoms with van der Waals surface area (Å²) in [7, 11) is 1.54. The van der Waals surface area contributed by atoms with Crippen molar-refractivity contribution in [3.8, 4) is 0 Å². The maximum absolute atomic E-state index is 4.46. The second kappa shape index (κ2) is 7.21. The number of hydrogen-bond donors (Lipinski definition) is 0. The predicted molar refractivity (Wildman–Crippen MR) is 39.5 cm³/mol. The van der Waals surface area contributed by atoms with E-state index < -0.39 is 0 Å². The molecule has 0 aromatic rings. The summed E-state index contributed by atoms with van der Waals surface area (Å²) >= 11 is 0. The molecule has 0 saturated carbocycles. The first-order valence-electron chi connectivity index (χ1n) is 3.11. The van der Waals surface area contributed by atoms with E-state index in [1.807, 2.05) is 0 Å². The minimum absolute atomic E-state index is 0.863. The summed E-state index contributed by atoms with van der Waals surface area (Å²) in [5.74, 6) is 0. The van der Waals surface area contributed by atoms with Gasteiger partial charge < -0.3 is 4.84 Å². The Morgan fingerprint density at radius 3 is 2.78 bits per heavy atom. The second-order valence-electron chi connectivity index (χ2n) is 1.59. The van der Waals surface area contributed by atoms with E-state index in [1.54, 1.807) is 13.3 Å². The lowest BCUT2D eigenvalue weighted by Crippen LogP contribution is -1.71. The Kier molecular flexibility index (Phi) is 6.58. The van der Waals surface area contributed by atoms with Crippen LogP contribution < -0.4 is 0 Å². The third-order valence-corrected chi connectivity index (χ3v) is 0.824. The van der Waals surface area contributed by atoms with Crippen molar-refractivity contribution in [2.45, 2.75) is 19.8 Å². The van der Waals surface area contributed by atoms with Gasteiger partial charge in [0.25, 0.3) is 0 Å². The Morgan fingerprint density at radius 1 is 1.44 bits per heavy atom. The molecule has 0 rings (SSSR count). The summed E-state index contributed by atoms with van der Waals surface area (Å²) < 4.78 is 0. The summed E-state index contributed by atoms with van der Waals surface area (Å²) in [6.07, 6.45) is 7.83. The van der Waals surface area contributed by atoms with Gasteiger partial charge in [-0.25, -0.2) is 0 Å². The minimum Gasteiger partial charge on any atom is -0.399 e. The van der Waals surface area contributed by atoms with E-state index in [0.29, 0.717) is 0 Å². The maximum atomic E-state index is 4.46. The molecule has 2 nitrogen and oxygen atoms in total. The Bertz CT molecular complexity index is 85.1. The standard InChI is InChI=1S/C7H13NO/c1-3-4-5-6-7-8-9-2/h4-5,7H,3,6H2,1-2H3. The number of rotatable bonds is 4. The SMILES string of the molecule is CCC=CCC=NOC. The first-order chi connectivity index (χ1) is 4.41.